The Labute approximate surface area is 77.9 Å². The normalized spacial score (nSPS) is 23.5. The number of hydrogen-bond donors (Lipinski definition) is 1. The van der Waals surface area contributed by atoms with E-state index in [9.17, 15) is 0 Å². The zero-order valence-corrected chi connectivity index (χ0v) is 8.08. The number of nitrogens with zero attached hydrogens (tertiary/aromatic N) is 2. The van der Waals surface area contributed by atoms with Gasteiger partial charge in [-0.25, -0.2) is 4.98 Å². The molecule has 1 aromatic rings. The number of nitrogens with one attached hydrogen (secondary N) is 1. The highest BCUT2D eigenvalue weighted by Gasteiger charge is 2.20. The van der Waals surface area contributed by atoms with Crippen molar-refractivity contribution in [2.75, 3.05) is 24.7 Å². The summed E-state index contributed by atoms with van der Waals surface area (Å²) in [5, 5.41) is 0. The summed E-state index contributed by atoms with van der Waals surface area (Å²) in [6.07, 6.45) is 1.86. The van der Waals surface area contributed by atoms with Crippen LogP contribution in [0.25, 0.3) is 0 Å². The predicted octanol–water partition coefficient (Wildman–Crippen LogP) is 0.943. The SMILES string of the molecule is Cc1cnc(N2CCOCC2C)[nH]1. The first kappa shape index (κ1) is 8.56. The third-order valence-electron chi connectivity index (χ3n) is 2.33. The molecule has 1 fully saturated rings. The highest BCUT2D eigenvalue weighted by atomic mass is 16.5. The molecule has 0 aliphatic carbocycles. The van der Waals surface area contributed by atoms with Crippen molar-refractivity contribution in [2.45, 2.75) is 19.9 Å². The van der Waals surface area contributed by atoms with E-state index in [1.165, 1.54) is 0 Å². The van der Waals surface area contributed by atoms with Crippen molar-refractivity contribution in [2.24, 2.45) is 0 Å². The Balaban J connectivity index is 2.14. The van der Waals surface area contributed by atoms with Crippen LogP contribution in [0.3, 0.4) is 0 Å². The van der Waals surface area contributed by atoms with Gasteiger partial charge >= 0.3 is 0 Å². The van der Waals surface area contributed by atoms with Crippen LogP contribution in [0, 0.1) is 6.92 Å². The van der Waals surface area contributed by atoms with Gasteiger partial charge in [0.05, 0.1) is 19.3 Å². The molecule has 1 aliphatic heterocycles. The van der Waals surface area contributed by atoms with Gasteiger partial charge < -0.3 is 14.6 Å². The molecule has 4 heteroatoms. The predicted molar refractivity (Wildman–Crippen MR) is 51.0 cm³/mol. The third-order valence-corrected chi connectivity index (χ3v) is 2.33. The van der Waals surface area contributed by atoms with Gasteiger partial charge in [-0.3, -0.25) is 0 Å². The standard InChI is InChI=1S/C9H15N3O/c1-7-5-10-9(11-7)12-3-4-13-6-8(12)2/h5,8H,3-4,6H2,1-2H3,(H,10,11). The molecule has 1 N–H and O–H groups in total. The number of rotatable bonds is 1. The minimum absolute atomic E-state index is 0.416. The smallest absolute Gasteiger partial charge is 0.203 e. The molecule has 2 heterocycles. The van der Waals surface area contributed by atoms with Crippen LogP contribution in [-0.4, -0.2) is 35.8 Å². The zero-order chi connectivity index (χ0) is 9.26. The monoisotopic (exact) mass is 181 g/mol. The largest absolute Gasteiger partial charge is 0.377 e. The number of anilines is 1. The number of imidazole rings is 1. The summed E-state index contributed by atoms with van der Waals surface area (Å²) in [4.78, 5) is 9.79. The van der Waals surface area contributed by atoms with Crippen LogP contribution in [0.5, 0.6) is 0 Å². The first-order valence-corrected chi connectivity index (χ1v) is 4.63. The Morgan fingerprint density at radius 2 is 2.54 bits per heavy atom. The molecule has 0 bridgehead atoms. The fraction of sp³-hybridized carbons (Fsp3) is 0.667. The van der Waals surface area contributed by atoms with E-state index in [4.69, 9.17) is 4.74 Å². The van der Waals surface area contributed by atoms with Crippen molar-refractivity contribution in [3.63, 3.8) is 0 Å². The van der Waals surface area contributed by atoms with E-state index in [1.807, 2.05) is 13.1 Å². The average Bonchev–Trinajstić information content (AvgIpc) is 2.53. The number of morpholine rings is 1. The van der Waals surface area contributed by atoms with Gasteiger partial charge in [-0.05, 0) is 13.8 Å². The number of aryl methyl sites for hydroxylation is 1. The summed E-state index contributed by atoms with van der Waals surface area (Å²) in [6, 6.07) is 0.416. The van der Waals surface area contributed by atoms with Crippen LogP contribution >= 0.6 is 0 Å². The molecule has 1 aromatic heterocycles. The van der Waals surface area contributed by atoms with Gasteiger partial charge in [0, 0.05) is 18.4 Å². The Morgan fingerprint density at radius 3 is 3.15 bits per heavy atom. The van der Waals surface area contributed by atoms with Crippen molar-refractivity contribution in [3.8, 4) is 0 Å². The quantitative estimate of drug-likeness (QED) is 0.701. The first-order valence-electron chi connectivity index (χ1n) is 4.63. The lowest BCUT2D eigenvalue weighted by atomic mass is 10.3. The van der Waals surface area contributed by atoms with Gasteiger partial charge in [0.1, 0.15) is 0 Å². The van der Waals surface area contributed by atoms with Gasteiger partial charge in [-0.2, -0.15) is 0 Å². The van der Waals surface area contributed by atoms with E-state index >= 15 is 0 Å². The second-order valence-corrected chi connectivity index (χ2v) is 3.51. The van der Waals surface area contributed by atoms with E-state index in [1.54, 1.807) is 0 Å². The van der Waals surface area contributed by atoms with Crippen molar-refractivity contribution in [3.05, 3.63) is 11.9 Å². The van der Waals surface area contributed by atoms with Crippen molar-refractivity contribution < 1.29 is 4.74 Å². The van der Waals surface area contributed by atoms with E-state index in [-0.39, 0.29) is 0 Å². The topological polar surface area (TPSA) is 41.2 Å². The zero-order valence-electron chi connectivity index (χ0n) is 8.08. The van der Waals surface area contributed by atoms with Crippen LogP contribution in [0.4, 0.5) is 5.95 Å². The molecule has 0 saturated carbocycles. The molecular weight excluding hydrogens is 166 g/mol. The molecule has 2 rings (SSSR count). The number of H-pyrrole nitrogens is 1. The van der Waals surface area contributed by atoms with Crippen molar-refractivity contribution in [1.29, 1.82) is 0 Å². The van der Waals surface area contributed by atoms with E-state index < -0.39 is 0 Å². The van der Waals surface area contributed by atoms with Crippen LogP contribution in [0.1, 0.15) is 12.6 Å². The van der Waals surface area contributed by atoms with Crippen molar-refractivity contribution in [1.82, 2.24) is 9.97 Å². The van der Waals surface area contributed by atoms with Crippen LogP contribution in [0.2, 0.25) is 0 Å². The summed E-state index contributed by atoms with van der Waals surface area (Å²) in [6.45, 7) is 6.68. The van der Waals surface area contributed by atoms with E-state index in [0.717, 1.165) is 31.4 Å². The fourth-order valence-electron chi connectivity index (χ4n) is 1.59. The molecule has 1 saturated heterocycles. The van der Waals surface area contributed by atoms with Crippen LogP contribution in [-0.2, 0) is 4.74 Å². The Morgan fingerprint density at radius 1 is 1.69 bits per heavy atom. The molecule has 72 valence electrons. The fourth-order valence-corrected chi connectivity index (χ4v) is 1.59. The number of hydrogen-bond acceptors (Lipinski definition) is 3. The molecule has 0 spiro atoms. The highest BCUT2D eigenvalue weighted by molar-refractivity contribution is 5.33. The van der Waals surface area contributed by atoms with Gasteiger partial charge in [0.15, 0.2) is 0 Å². The summed E-state index contributed by atoms with van der Waals surface area (Å²) in [5.41, 5.74) is 1.11. The lowest BCUT2D eigenvalue weighted by Crippen LogP contribution is -2.44. The minimum atomic E-state index is 0.416. The van der Waals surface area contributed by atoms with E-state index in [2.05, 4.69) is 21.8 Å². The Bertz CT molecular complexity index is 284. The third kappa shape index (κ3) is 1.67. The maximum Gasteiger partial charge on any atom is 0.203 e. The molecule has 0 radical (unpaired) electrons. The summed E-state index contributed by atoms with van der Waals surface area (Å²) < 4.78 is 5.36. The van der Waals surface area contributed by atoms with Crippen molar-refractivity contribution >= 4 is 5.95 Å². The van der Waals surface area contributed by atoms with Crippen LogP contribution < -0.4 is 4.90 Å². The summed E-state index contributed by atoms with van der Waals surface area (Å²) >= 11 is 0. The second-order valence-electron chi connectivity index (χ2n) is 3.51. The van der Waals surface area contributed by atoms with Gasteiger partial charge in [0.2, 0.25) is 5.95 Å². The molecular formula is C9H15N3O. The first-order chi connectivity index (χ1) is 6.27. The molecule has 4 nitrogen and oxygen atoms in total. The molecule has 1 aliphatic rings. The number of aromatic nitrogens is 2. The van der Waals surface area contributed by atoms with Gasteiger partial charge in [-0.15, -0.1) is 0 Å². The molecule has 1 unspecified atom stereocenters. The minimum Gasteiger partial charge on any atom is -0.377 e. The molecule has 1 atom stereocenters. The van der Waals surface area contributed by atoms with E-state index in [0.29, 0.717) is 6.04 Å². The van der Waals surface area contributed by atoms with Gasteiger partial charge in [-0.1, -0.05) is 0 Å². The average molecular weight is 181 g/mol. The highest BCUT2D eigenvalue weighted by Crippen LogP contribution is 2.15. The summed E-state index contributed by atoms with van der Waals surface area (Å²) in [7, 11) is 0. The lowest BCUT2D eigenvalue weighted by Gasteiger charge is -2.32. The second kappa shape index (κ2) is 3.38. The maximum absolute atomic E-state index is 5.36. The number of aromatic amines is 1. The molecule has 13 heavy (non-hydrogen) atoms. The maximum atomic E-state index is 5.36. The van der Waals surface area contributed by atoms with Crippen LogP contribution in [0.15, 0.2) is 6.20 Å². The lowest BCUT2D eigenvalue weighted by molar-refractivity contribution is 0.0981. The Hall–Kier alpha value is -1.03. The molecule has 0 aromatic carbocycles. The Kier molecular flexibility index (Phi) is 2.22. The number of ether oxygens (including phenoxy) is 1. The summed E-state index contributed by atoms with van der Waals surface area (Å²) in [5.74, 6) is 0.966. The molecule has 0 amide bonds. The van der Waals surface area contributed by atoms with Gasteiger partial charge in [0.25, 0.3) is 0 Å².